The molecule has 2 aromatic rings. The highest BCUT2D eigenvalue weighted by atomic mass is 16.2. The first-order chi connectivity index (χ1) is 8.66. The fraction of sp³-hybridized carbons (Fsp3) is 0.250. The minimum Gasteiger partial charge on any atom is -0.378 e. The molecule has 0 fully saturated rings. The molecule has 0 atom stereocenters. The third-order valence-electron chi connectivity index (χ3n) is 2.54. The molecule has 0 unspecified atom stereocenters. The Morgan fingerprint density at radius 3 is 2.61 bits per heavy atom. The topological polar surface area (TPSA) is 73.9 Å². The van der Waals surface area contributed by atoms with Crippen LogP contribution in [0.15, 0.2) is 30.6 Å². The van der Waals surface area contributed by atoms with Crippen molar-refractivity contribution in [3.05, 3.63) is 42.0 Å². The third kappa shape index (κ3) is 2.85. The molecule has 18 heavy (non-hydrogen) atoms. The van der Waals surface area contributed by atoms with E-state index in [1.54, 1.807) is 0 Å². The number of amides is 1. The normalized spacial score (nSPS) is 10.1. The van der Waals surface area contributed by atoms with Crippen LogP contribution in [-0.2, 0) is 6.54 Å². The maximum absolute atomic E-state index is 11.6. The van der Waals surface area contributed by atoms with Crippen molar-refractivity contribution < 1.29 is 4.79 Å². The van der Waals surface area contributed by atoms with E-state index >= 15 is 0 Å². The van der Waals surface area contributed by atoms with Gasteiger partial charge in [0.1, 0.15) is 6.33 Å². The van der Waals surface area contributed by atoms with Gasteiger partial charge in [0.15, 0.2) is 0 Å². The van der Waals surface area contributed by atoms with Crippen LogP contribution in [0.2, 0.25) is 0 Å². The number of aromatic nitrogens is 3. The number of carbonyl (C=O) groups is 1. The molecule has 94 valence electrons. The number of nitrogens with zero attached hydrogens (tertiary/aromatic N) is 3. The Bertz CT molecular complexity index is 504. The fourth-order valence-corrected chi connectivity index (χ4v) is 1.49. The van der Waals surface area contributed by atoms with Gasteiger partial charge < -0.3 is 10.2 Å². The highest BCUT2D eigenvalue weighted by Crippen LogP contribution is 2.11. The molecule has 2 rings (SSSR count). The van der Waals surface area contributed by atoms with Gasteiger partial charge in [-0.3, -0.25) is 9.89 Å². The average Bonchev–Trinajstić information content (AvgIpc) is 2.90. The Hall–Kier alpha value is -2.37. The summed E-state index contributed by atoms with van der Waals surface area (Å²) in [5.74, 6) is -0.0379. The monoisotopic (exact) mass is 245 g/mol. The van der Waals surface area contributed by atoms with E-state index in [0.29, 0.717) is 6.54 Å². The Balaban J connectivity index is 1.92. The number of H-pyrrole nitrogens is 1. The van der Waals surface area contributed by atoms with Crippen LogP contribution in [0.5, 0.6) is 0 Å². The number of benzene rings is 1. The van der Waals surface area contributed by atoms with Crippen LogP contribution >= 0.6 is 0 Å². The molecule has 2 N–H and O–H groups in total. The Kier molecular flexibility index (Phi) is 3.57. The van der Waals surface area contributed by atoms with E-state index in [4.69, 9.17) is 0 Å². The van der Waals surface area contributed by atoms with Gasteiger partial charge in [-0.25, -0.2) is 4.98 Å². The van der Waals surface area contributed by atoms with Crippen LogP contribution in [0, 0.1) is 0 Å². The largest absolute Gasteiger partial charge is 0.378 e. The molecule has 0 saturated carbocycles. The molecule has 0 aliphatic rings. The molecular weight excluding hydrogens is 230 g/mol. The zero-order chi connectivity index (χ0) is 13.0. The van der Waals surface area contributed by atoms with Crippen LogP contribution in [-0.4, -0.2) is 35.2 Å². The predicted molar refractivity (Wildman–Crippen MR) is 68.3 cm³/mol. The van der Waals surface area contributed by atoms with Crippen molar-refractivity contribution in [1.82, 2.24) is 20.5 Å². The van der Waals surface area contributed by atoms with Crippen molar-refractivity contribution in [2.75, 3.05) is 19.0 Å². The van der Waals surface area contributed by atoms with Crippen molar-refractivity contribution in [1.29, 1.82) is 0 Å². The first kappa shape index (κ1) is 12.1. The molecule has 0 saturated heterocycles. The Morgan fingerprint density at radius 1 is 1.33 bits per heavy atom. The predicted octanol–water partition coefficient (Wildman–Crippen LogP) is 0.801. The smallest absolute Gasteiger partial charge is 0.288 e. The molecule has 0 aliphatic carbocycles. The van der Waals surface area contributed by atoms with Gasteiger partial charge in [-0.15, -0.1) is 0 Å². The van der Waals surface area contributed by atoms with Gasteiger partial charge in [-0.2, -0.15) is 5.10 Å². The second-order valence-electron chi connectivity index (χ2n) is 4.08. The first-order valence-electron chi connectivity index (χ1n) is 5.56. The highest BCUT2D eigenvalue weighted by molar-refractivity contribution is 5.90. The molecular formula is C12H15N5O. The maximum atomic E-state index is 11.6. The van der Waals surface area contributed by atoms with Crippen molar-refractivity contribution in [2.45, 2.75) is 6.54 Å². The van der Waals surface area contributed by atoms with E-state index in [-0.39, 0.29) is 11.7 Å². The standard InChI is InChI=1S/C12H15N5O/c1-17(2)10-5-3-9(4-6-10)7-13-12(18)11-14-8-15-16-11/h3-6,8H,7H2,1-2H3,(H,13,18)(H,14,15,16). The molecule has 0 radical (unpaired) electrons. The van der Waals surface area contributed by atoms with E-state index in [9.17, 15) is 4.79 Å². The summed E-state index contributed by atoms with van der Waals surface area (Å²) in [5, 5.41) is 8.91. The first-order valence-corrected chi connectivity index (χ1v) is 5.56. The zero-order valence-electron chi connectivity index (χ0n) is 10.3. The lowest BCUT2D eigenvalue weighted by Crippen LogP contribution is -2.24. The molecule has 1 heterocycles. The number of aromatic amines is 1. The van der Waals surface area contributed by atoms with E-state index in [1.807, 2.05) is 43.3 Å². The molecule has 0 bridgehead atoms. The maximum Gasteiger partial charge on any atom is 0.288 e. The van der Waals surface area contributed by atoms with Crippen LogP contribution in [0.1, 0.15) is 16.2 Å². The van der Waals surface area contributed by atoms with Gasteiger partial charge in [-0.1, -0.05) is 12.1 Å². The van der Waals surface area contributed by atoms with Gasteiger partial charge >= 0.3 is 0 Å². The second-order valence-corrected chi connectivity index (χ2v) is 4.08. The van der Waals surface area contributed by atoms with Gasteiger partial charge in [0.05, 0.1) is 0 Å². The summed E-state index contributed by atoms with van der Waals surface area (Å²) in [7, 11) is 3.97. The summed E-state index contributed by atoms with van der Waals surface area (Å²) < 4.78 is 0. The summed E-state index contributed by atoms with van der Waals surface area (Å²) >= 11 is 0. The summed E-state index contributed by atoms with van der Waals surface area (Å²) in [6, 6.07) is 7.98. The number of hydrogen-bond acceptors (Lipinski definition) is 4. The number of nitrogens with one attached hydrogen (secondary N) is 2. The number of carbonyl (C=O) groups excluding carboxylic acids is 1. The highest BCUT2D eigenvalue weighted by Gasteiger charge is 2.07. The van der Waals surface area contributed by atoms with Crippen LogP contribution in [0.3, 0.4) is 0 Å². The molecule has 0 spiro atoms. The molecule has 0 aliphatic heterocycles. The minimum atomic E-state index is -0.260. The van der Waals surface area contributed by atoms with Gasteiger partial charge in [0.2, 0.25) is 5.82 Å². The lowest BCUT2D eigenvalue weighted by Gasteiger charge is -2.12. The second kappa shape index (κ2) is 5.31. The number of rotatable bonds is 4. The Morgan fingerprint density at radius 2 is 2.06 bits per heavy atom. The zero-order valence-corrected chi connectivity index (χ0v) is 10.3. The molecule has 1 amide bonds. The quantitative estimate of drug-likeness (QED) is 0.835. The number of anilines is 1. The lowest BCUT2D eigenvalue weighted by atomic mass is 10.2. The van der Waals surface area contributed by atoms with Crippen LogP contribution in [0.4, 0.5) is 5.69 Å². The van der Waals surface area contributed by atoms with Crippen LogP contribution < -0.4 is 10.2 Å². The van der Waals surface area contributed by atoms with E-state index in [1.165, 1.54) is 6.33 Å². The fourth-order valence-electron chi connectivity index (χ4n) is 1.49. The van der Waals surface area contributed by atoms with E-state index in [0.717, 1.165) is 11.3 Å². The summed E-state index contributed by atoms with van der Waals surface area (Å²) in [6.45, 7) is 0.466. The summed E-state index contributed by atoms with van der Waals surface area (Å²) in [4.78, 5) is 17.4. The SMILES string of the molecule is CN(C)c1ccc(CNC(=O)c2ncn[nH]2)cc1. The van der Waals surface area contributed by atoms with Gasteiger partial charge in [0.25, 0.3) is 5.91 Å². The molecule has 1 aromatic heterocycles. The summed E-state index contributed by atoms with van der Waals surface area (Å²) in [5.41, 5.74) is 2.16. The number of hydrogen-bond donors (Lipinski definition) is 2. The van der Waals surface area contributed by atoms with Gasteiger partial charge in [-0.05, 0) is 17.7 Å². The van der Waals surface area contributed by atoms with Crippen molar-refractivity contribution in [2.24, 2.45) is 0 Å². The van der Waals surface area contributed by atoms with Crippen molar-refractivity contribution in [3.8, 4) is 0 Å². The minimum absolute atomic E-state index is 0.222. The Labute approximate surface area is 105 Å². The van der Waals surface area contributed by atoms with E-state index in [2.05, 4.69) is 20.5 Å². The lowest BCUT2D eigenvalue weighted by molar-refractivity contribution is 0.0941. The molecule has 6 nitrogen and oxygen atoms in total. The third-order valence-corrected chi connectivity index (χ3v) is 2.54. The molecule has 6 heteroatoms. The van der Waals surface area contributed by atoms with Crippen molar-refractivity contribution >= 4 is 11.6 Å². The van der Waals surface area contributed by atoms with E-state index < -0.39 is 0 Å². The molecule has 1 aromatic carbocycles. The average molecular weight is 245 g/mol. The summed E-state index contributed by atoms with van der Waals surface area (Å²) in [6.07, 6.45) is 1.31. The van der Waals surface area contributed by atoms with Crippen molar-refractivity contribution in [3.63, 3.8) is 0 Å². The van der Waals surface area contributed by atoms with Crippen LogP contribution in [0.25, 0.3) is 0 Å². The van der Waals surface area contributed by atoms with Gasteiger partial charge in [0, 0.05) is 26.3 Å².